The number of benzene rings is 1. The summed E-state index contributed by atoms with van der Waals surface area (Å²) in [6, 6.07) is 8.62. The molecule has 0 aliphatic heterocycles. The van der Waals surface area contributed by atoms with E-state index in [9.17, 15) is 0 Å². The minimum atomic E-state index is 0.471. The lowest BCUT2D eigenvalue weighted by atomic mass is 9.95. The van der Waals surface area contributed by atoms with E-state index in [2.05, 4.69) is 11.4 Å². The Morgan fingerprint density at radius 2 is 1.88 bits per heavy atom. The monoisotopic (exact) mass is 234 g/mol. The number of nitrogens with one attached hydrogen (secondary N) is 1. The Morgan fingerprint density at radius 1 is 1.19 bits per heavy atom. The molecule has 1 aromatic carbocycles. The molecule has 3 heteroatoms. The van der Waals surface area contributed by atoms with Crippen LogP contribution in [0.15, 0.2) is 24.3 Å². The first-order valence-electron chi connectivity index (χ1n) is 5.93. The van der Waals surface area contributed by atoms with Crippen molar-refractivity contribution in [3.05, 3.63) is 29.8 Å². The third kappa shape index (κ3) is 2.73. The molecule has 3 N–H and O–H groups in total. The van der Waals surface area contributed by atoms with Gasteiger partial charge < -0.3 is 11.1 Å². The van der Waals surface area contributed by atoms with Crippen molar-refractivity contribution in [2.75, 3.05) is 5.32 Å². The number of hydrogen-bond acceptors (Lipinski definition) is 2. The van der Waals surface area contributed by atoms with E-state index in [0.717, 1.165) is 11.3 Å². The molecule has 0 aromatic heterocycles. The third-order valence-electron chi connectivity index (χ3n) is 3.16. The molecule has 1 saturated carbocycles. The lowest BCUT2D eigenvalue weighted by Gasteiger charge is -2.25. The van der Waals surface area contributed by atoms with Crippen molar-refractivity contribution in [1.29, 1.82) is 0 Å². The summed E-state index contributed by atoms with van der Waals surface area (Å²) < 4.78 is 0. The van der Waals surface area contributed by atoms with Crippen LogP contribution in [0.5, 0.6) is 0 Å². The van der Waals surface area contributed by atoms with Crippen LogP contribution in [0.3, 0.4) is 0 Å². The number of hydrogen-bond donors (Lipinski definition) is 2. The van der Waals surface area contributed by atoms with Gasteiger partial charge in [-0.25, -0.2) is 0 Å². The molecule has 0 bridgehead atoms. The maximum absolute atomic E-state index is 5.71. The molecule has 0 amide bonds. The van der Waals surface area contributed by atoms with E-state index in [1.165, 1.54) is 32.1 Å². The summed E-state index contributed by atoms with van der Waals surface area (Å²) in [6.45, 7) is 0. The average Bonchev–Trinajstić information content (AvgIpc) is 2.31. The fraction of sp³-hybridized carbons (Fsp3) is 0.462. The molecule has 86 valence electrons. The van der Waals surface area contributed by atoms with Gasteiger partial charge in [-0.05, 0) is 25.0 Å². The Labute approximate surface area is 102 Å². The van der Waals surface area contributed by atoms with Crippen molar-refractivity contribution in [1.82, 2.24) is 0 Å². The van der Waals surface area contributed by atoms with Crippen LogP contribution in [0.2, 0.25) is 0 Å². The van der Waals surface area contributed by atoms with Crippen molar-refractivity contribution >= 4 is 22.9 Å². The minimum absolute atomic E-state index is 0.471. The smallest absolute Gasteiger partial charge is 0.106 e. The summed E-state index contributed by atoms with van der Waals surface area (Å²) in [5.41, 5.74) is 7.76. The highest BCUT2D eigenvalue weighted by Crippen LogP contribution is 2.23. The topological polar surface area (TPSA) is 38.0 Å². The van der Waals surface area contributed by atoms with E-state index in [1.807, 2.05) is 18.2 Å². The van der Waals surface area contributed by atoms with Gasteiger partial charge in [0.1, 0.15) is 4.99 Å². The molecule has 1 fully saturated rings. The van der Waals surface area contributed by atoms with Crippen molar-refractivity contribution in [3.8, 4) is 0 Å². The predicted octanol–water partition coefficient (Wildman–Crippen LogP) is 3.07. The molecule has 0 saturated heterocycles. The average molecular weight is 234 g/mol. The van der Waals surface area contributed by atoms with Crippen LogP contribution in [-0.4, -0.2) is 11.0 Å². The largest absolute Gasteiger partial charge is 0.389 e. The highest BCUT2D eigenvalue weighted by Gasteiger charge is 2.14. The second kappa shape index (κ2) is 5.30. The van der Waals surface area contributed by atoms with Crippen molar-refractivity contribution in [3.63, 3.8) is 0 Å². The maximum Gasteiger partial charge on any atom is 0.106 e. The highest BCUT2D eigenvalue weighted by molar-refractivity contribution is 7.80. The molecule has 2 nitrogen and oxygen atoms in total. The Bertz CT molecular complexity index is 370. The van der Waals surface area contributed by atoms with Gasteiger partial charge in [-0.1, -0.05) is 43.6 Å². The lowest BCUT2D eigenvalue weighted by molar-refractivity contribution is 0.462. The maximum atomic E-state index is 5.71. The molecule has 2 rings (SSSR count). The van der Waals surface area contributed by atoms with Crippen molar-refractivity contribution < 1.29 is 0 Å². The molecule has 0 radical (unpaired) electrons. The zero-order valence-electron chi connectivity index (χ0n) is 9.41. The van der Waals surface area contributed by atoms with Crippen LogP contribution in [-0.2, 0) is 0 Å². The first kappa shape index (κ1) is 11.4. The Morgan fingerprint density at radius 3 is 2.56 bits per heavy atom. The molecular formula is C13H18N2S. The summed E-state index contributed by atoms with van der Waals surface area (Å²) >= 11 is 5.06. The first-order chi connectivity index (χ1) is 7.77. The molecular weight excluding hydrogens is 216 g/mol. The number of rotatable bonds is 3. The van der Waals surface area contributed by atoms with Gasteiger partial charge in [0, 0.05) is 17.3 Å². The second-order valence-corrected chi connectivity index (χ2v) is 4.83. The summed E-state index contributed by atoms with van der Waals surface area (Å²) in [6.07, 6.45) is 6.53. The second-order valence-electron chi connectivity index (χ2n) is 4.39. The first-order valence-corrected chi connectivity index (χ1v) is 6.33. The van der Waals surface area contributed by atoms with E-state index in [0.29, 0.717) is 11.0 Å². The Kier molecular flexibility index (Phi) is 3.78. The van der Waals surface area contributed by atoms with E-state index >= 15 is 0 Å². The van der Waals surface area contributed by atoms with Crippen LogP contribution in [0, 0.1) is 0 Å². The molecule has 0 heterocycles. The number of nitrogens with two attached hydrogens (primary N) is 1. The number of anilines is 1. The fourth-order valence-corrected chi connectivity index (χ4v) is 2.47. The molecule has 16 heavy (non-hydrogen) atoms. The molecule has 0 unspecified atom stereocenters. The van der Waals surface area contributed by atoms with E-state index in [1.54, 1.807) is 0 Å². The van der Waals surface area contributed by atoms with Crippen LogP contribution in [0.1, 0.15) is 37.7 Å². The lowest BCUT2D eigenvalue weighted by Crippen LogP contribution is -2.24. The molecule has 0 atom stereocenters. The van der Waals surface area contributed by atoms with Gasteiger partial charge in [0.2, 0.25) is 0 Å². The van der Waals surface area contributed by atoms with Gasteiger partial charge in [0.15, 0.2) is 0 Å². The number of para-hydroxylation sites is 1. The molecule has 1 aliphatic rings. The van der Waals surface area contributed by atoms with E-state index < -0.39 is 0 Å². The van der Waals surface area contributed by atoms with Crippen molar-refractivity contribution in [2.24, 2.45) is 5.73 Å². The van der Waals surface area contributed by atoms with Gasteiger partial charge in [-0.15, -0.1) is 0 Å². The van der Waals surface area contributed by atoms with Crippen LogP contribution < -0.4 is 11.1 Å². The van der Waals surface area contributed by atoms with Gasteiger partial charge in [-0.2, -0.15) is 0 Å². The summed E-state index contributed by atoms with van der Waals surface area (Å²) in [5.74, 6) is 0. The van der Waals surface area contributed by atoms with E-state index in [-0.39, 0.29) is 0 Å². The summed E-state index contributed by atoms with van der Waals surface area (Å²) in [4.78, 5) is 0.471. The van der Waals surface area contributed by atoms with Crippen LogP contribution >= 0.6 is 12.2 Å². The molecule has 0 spiro atoms. The van der Waals surface area contributed by atoms with Gasteiger partial charge in [0.25, 0.3) is 0 Å². The standard InChI is InChI=1S/C13H18N2S/c14-13(16)11-8-4-5-9-12(11)15-10-6-2-1-3-7-10/h4-5,8-10,15H,1-3,6-7H2,(H2,14,16). The zero-order valence-corrected chi connectivity index (χ0v) is 10.2. The molecule has 1 aromatic rings. The fourth-order valence-electron chi connectivity index (χ4n) is 2.29. The van der Waals surface area contributed by atoms with Crippen LogP contribution in [0.25, 0.3) is 0 Å². The van der Waals surface area contributed by atoms with Gasteiger partial charge in [0.05, 0.1) is 0 Å². The Hall–Kier alpha value is -1.09. The van der Waals surface area contributed by atoms with E-state index in [4.69, 9.17) is 18.0 Å². The Balaban J connectivity index is 2.10. The SMILES string of the molecule is NC(=S)c1ccccc1NC1CCCCC1. The quantitative estimate of drug-likeness (QED) is 0.789. The summed E-state index contributed by atoms with van der Waals surface area (Å²) in [7, 11) is 0. The third-order valence-corrected chi connectivity index (χ3v) is 3.38. The number of thiocarbonyl (C=S) groups is 1. The van der Waals surface area contributed by atoms with Crippen molar-refractivity contribution in [2.45, 2.75) is 38.1 Å². The normalized spacial score (nSPS) is 17.0. The minimum Gasteiger partial charge on any atom is -0.389 e. The highest BCUT2D eigenvalue weighted by atomic mass is 32.1. The molecule has 1 aliphatic carbocycles. The zero-order chi connectivity index (χ0) is 11.4. The predicted molar refractivity (Wildman–Crippen MR) is 72.8 cm³/mol. The van der Waals surface area contributed by atoms with Crippen LogP contribution in [0.4, 0.5) is 5.69 Å². The van der Waals surface area contributed by atoms with Gasteiger partial charge >= 0.3 is 0 Å². The van der Waals surface area contributed by atoms with Gasteiger partial charge in [-0.3, -0.25) is 0 Å². The summed E-state index contributed by atoms with van der Waals surface area (Å²) in [5, 5.41) is 3.56.